The molecule has 6 heteroatoms. The zero-order chi connectivity index (χ0) is 47.2. The van der Waals surface area contributed by atoms with Gasteiger partial charge in [-0.1, -0.05) is 162 Å². The molecule has 0 aliphatic rings. The van der Waals surface area contributed by atoms with E-state index < -0.39 is 0 Å². The quantitative estimate of drug-likeness (QED) is 0.143. The summed E-state index contributed by atoms with van der Waals surface area (Å²) in [5.74, 6) is 1.59. The van der Waals surface area contributed by atoms with Crippen LogP contribution in [-0.2, 0) is 0 Å². The molecular formula is C63H44N6. The number of hydrogen-bond acceptors (Lipinski definition) is 4. The van der Waals surface area contributed by atoms with E-state index >= 15 is 0 Å². The Bertz CT molecular complexity index is 3620. The highest BCUT2D eigenvalue weighted by Gasteiger charge is 2.24. The predicted octanol–water partition coefficient (Wildman–Crippen LogP) is 16.3. The molecule has 11 rings (SSSR count). The summed E-state index contributed by atoms with van der Waals surface area (Å²) in [6, 6.07) is 69.3. The van der Waals surface area contributed by atoms with Crippen LogP contribution in [0.2, 0.25) is 0 Å². The molecule has 0 aliphatic heterocycles. The van der Waals surface area contributed by atoms with E-state index in [9.17, 15) is 5.26 Å². The van der Waals surface area contributed by atoms with Crippen LogP contribution >= 0.6 is 0 Å². The highest BCUT2D eigenvalue weighted by atomic mass is 15.0. The summed E-state index contributed by atoms with van der Waals surface area (Å²) in [5, 5.41) is 12.6. The molecule has 9 aromatic carbocycles. The summed E-state index contributed by atoms with van der Waals surface area (Å²) in [6.45, 7) is 16.7. The average Bonchev–Trinajstić information content (AvgIpc) is 3.70. The molecule has 0 spiro atoms. The van der Waals surface area contributed by atoms with Crippen molar-refractivity contribution in [2.45, 2.75) is 27.7 Å². The van der Waals surface area contributed by atoms with E-state index in [1.807, 2.05) is 97.1 Å². The molecule has 0 amide bonds. The zero-order valence-electron chi connectivity index (χ0n) is 38.7. The van der Waals surface area contributed by atoms with E-state index in [1.54, 1.807) is 0 Å². The minimum Gasteiger partial charge on any atom is -0.308 e. The summed E-state index contributed by atoms with van der Waals surface area (Å²) in [4.78, 5) is 19.3. The Morgan fingerprint density at radius 2 is 0.855 bits per heavy atom. The molecule has 0 fully saturated rings. The molecule has 2 heterocycles. The lowest BCUT2D eigenvalue weighted by atomic mass is 9.91. The maximum atomic E-state index is 10.3. The molecule has 0 bridgehead atoms. The van der Waals surface area contributed by atoms with Crippen molar-refractivity contribution in [1.82, 2.24) is 19.5 Å². The molecule has 6 nitrogen and oxygen atoms in total. The summed E-state index contributed by atoms with van der Waals surface area (Å²) in [5.41, 5.74) is 19.4. The fourth-order valence-corrected chi connectivity index (χ4v) is 9.79. The van der Waals surface area contributed by atoms with Gasteiger partial charge in [0.05, 0.1) is 34.9 Å². The minimum absolute atomic E-state index is 0.493. The van der Waals surface area contributed by atoms with Gasteiger partial charge in [-0.05, 0) is 116 Å². The number of fused-ring (bicyclic) bond motifs is 3. The molecule has 11 aromatic rings. The molecule has 0 saturated heterocycles. The van der Waals surface area contributed by atoms with Crippen molar-refractivity contribution >= 4 is 27.5 Å². The first-order valence-corrected chi connectivity index (χ1v) is 23.0. The van der Waals surface area contributed by atoms with E-state index in [1.165, 1.54) is 22.3 Å². The number of rotatable bonds is 8. The summed E-state index contributed by atoms with van der Waals surface area (Å²) in [6.07, 6.45) is 0. The van der Waals surface area contributed by atoms with Crippen molar-refractivity contribution < 1.29 is 0 Å². The smallest absolute Gasteiger partial charge is 0.187 e. The van der Waals surface area contributed by atoms with Crippen LogP contribution in [0.4, 0.5) is 5.69 Å². The van der Waals surface area contributed by atoms with E-state index in [0.717, 1.165) is 88.7 Å². The first-order valence-electron chi connectivity index (χ1n) is 23.0. The number of aromatic nitrogens is 4. The Morgan fingerprint density at radius 3 is 1.33 bits per heavy atom. The van der Waals surface area contributed by atoms with Gasteiger partial charge in [0.1, 0.15) is 0 Å². The van der Waals surface area contributed by atoms with Crippen LogP contribution in [0.1, 0.15) is 27.8 Å². The largest absolute Gasteiger partial charge is 0.308 e. The minimum atomic E-state index is 0.493. The van der Waals surface area contributed by atoms with Gasteiger partial charge in [-0.25, -0.2) is 19.8 Å². The molecule has 0 radical (unpaired) electrons. The third-order valence-electron chi connectivity index (χ3n) is 12.8. The average molecular weight is 885 g/mol. The molecule has 0 saturated carbocycles. The number of nitrogens with zero attached hydrogens (tertiary/aromatic N) is 6. The SMILES string of the molecule is [C-]#[N+]c1cccc(-c2cc(-c3nc(-c4ccccc4)nc(-c4ccccc4)n3)cc(-c3cccc(C#N)c3)c2-n2c3ccc(-c4cc(C)cc(C)c4)cc3c3cc(-c4cc(C)cc(C)c4)ccc32)c1. The van der Waals surface area contributed by atoms with Crippen LogP contribution in [0.15, 0.2) is 194 Å². The Hall–Kier alpha value is -9.23. The third kappa shape index (κ3) is 8.12. The van der Waals surface area contributed by atoms with Crippen LogP contribution in [-0.4, -0.2) is 19.5 Å². The first-order chi connectivity index (χ1) is 33.7. The van der Waals surface area contributed by atoms with Crippen molar-refractivity contribution in [3.63, 3.8) is 0 Å². The highest BCUT2D eigenvalue weighted by Crippen LogP contribution is 2.46. The molecule has 0 unspecified atom stereocenters. The number of hydrogen-bond donors (Lipinski definition) is 0. The fraction of sp³-hybridized carbons (Fsp3) is 0.0635. The van der Waals surface area contributed by atoms with Gasteiger partial charge in [-0.3, -0.25) is 0 Å². The van der Waals surface area contributed by atoms with Crippen LogP contribution in [0.25, 0.3) is 111 Å². The van der Waals surface area contributed by atoms with Crippen molar-refractivity contribution in [3.05, 3.63) is 233 Å². The molecule has 2 aromatic heterocycles. The number of nitriles is 1. The number of aryl methyl sites for hydroxylation is 4. The molecular weight excluding hydrogens is 841 g/mol. The van der Waals surface area contributed by atoms with Crippen LogP contribution in [0.5, 0.6) is 0 Å². The van der Waals surface area contributed by atoms with Crippen molar-refractivity contribution in [3.8, 4) is 90.4 Å². The molecule has 0 aliphatic carbocycles. The van der Waals surface area contributed by atoms with Crippen molar-refractivity contribution in [2.75, 3.05) is 0 Å². The second kappa shape index (κ2) is 17.5. The summed E-state index contributed by atoms with van der Waals surface area (Å²) < 4.78 is 2.37. The topological polar surface area (TPSA) is 71.8 Å². The third-order valence-corrected chi connectivity index (χ3v) is 12.8. The maximum absolute atomic E-state index is 10.3. The monoisotopic (exact) mass is 884 g/mol. The van der Waals surface area contributed by atoms with Gasteiger partial charge in [0.2, 0.25) is 0 Å². The van der Waals surface area contributed by atoms with Crippen molar-refractivity contribution in [1.29, 1.82) is 5.26 Å². The lowest BCUT2D eigenvalue weighted by molar-refractivity contribution is 1.07. The van der Waals surface area contributed by atoms with E-state index in [0.29, 0.717) is 28.7 Å². The second-order valence-electron chi connectivity index (χ2n) is 17.9. The Labute approximate surface area is 402 Å². The van der Waals surface area contributed by atoms with Gasteiger partial charge in [-0.15, -0.1) is 0 Å². The summed E-state index contributed by atoms with van der Waals surface area (Å²) in [7, 11) is 0. The predicted molar refractivity (Wildman–Crippen MR) is 282 cm³/mol. The standard InChI is InChI=1S/C63H44N6/c1-39-26-40(2)29-50(28-39)46-22-24-58-56(34-46)57-35-47(51-30-41(3)27-42(4)31-51)23-25-59(57)69(58)60-54(48-19-12-14-43(32-48)38-64)36-52(37-55(60)49-20-13-21-53(33-49)65-5)63-67-61(44-15-8-6-9-16-44)66-62(68-63)45-17-10-7-11-18-45/h6-37H,1-4H3. The van der Waals surface area contributed by atoms with E-state index in [-0.39, 0.29) is 0 Å². The van der Waals surface area contributed by atoms with Crippen LogP contribution in [0, 0.1) is 45.6 Å². The Morgan fingerprint density at radius 1 is 0.406 bits per heavy atom. The van der Waals surface area contributed by atoms with Crippen LogP contribution in [0.3, 0.4) is 0 Å². The Balaban J connectivity index is 1.27. The van der Waals surface area contributed by atoms with E-state index in [4.69, 9.17) is 21.5 Å². The first kappa shape index (κ1) is 42.4. The lowest BCUT2D eigenvalue weighted by Crippen LogP contribution is -2.04. The van der Waals surface area contributed by atoms with Gasteiger partial charge >= 0.3 is 0 Å². The zero-order valence-corrected chi connectivity index (χ0v) is 38.7. The van der Waals surface area contributed by atoms with E-state index in [2.05, 4.69) is 140 Å². The lowest BCUT2D eigenvalue weighted by Gasteiger charge is -2.21. The summed E-state index contributed by atoms with van der Waals surface area (Å²) >= 11 is 0. The number of benzene rings is 9. The van der Waals surface area contributed by atoms with Gasteiger partial charge in [-0.2, -0.15) is 5.26 Å². The highest BCUT2D eigenvalue weighted by molar-refractivity contribution is 6.13. The molecule has 326 valence electrons. The maximum Gasteiger partial charge on any atom is 0.187 e. The van der Waals surface area contributed by atoms with Gasteiger partial charge < -0.3 is 4.57 Å². The van der Waals surface area contributed by atoms with Gasteiger partial charge in [0.25, 0.3) is 0 Å². The van der Waals surface area contributed by atoms with Crippen molar-refractivity contribution in [2.24, 2.45) is 0 Å². The molecule has 69 heavy (non-hydrogen) atoms. The Kier molecular flexibility index (Phi) is 10.8. The van der Waals surface area contributed by atoms with Gasteiger partial charge in [0, 0.05) is 38.6 Å². The fourth-order valence-electron chi connectivity index (χ4n) is 9.79. The van der Waals surface area contributed by atoms with Gasteiger partial charge in [0.15, 0.2) is 23.2 Å². The normalized spacial score (nSPS) is 11.2. The second-order valence-corrected chi connectivity index (χ2v) is 17.9. The van der Waals surface area contributed by atoms with Crippen LogP contribution < -0.4 is 0 Å². The molecule has 0 N–H and O–H groups in total. The molecule has 0 atom stereocenters.